The lowest BCUT2D eigenvalue weighted by molar-refractivity contribution is -0.143. The number of rotatable bonds is 9. The number of piperazine rings is 1. The molecule has 0 spiro atoms. The average Bonchev–Trinajstić information content (AvgIpc) is 2.60. The van der Waals surface area contributed by atoms with Crippen molar-refractivity contribution in [1.29, 1.82) is 0 Å². The first kappa shape index (κ1) is 20.8. The summed E-state index contributed by atoms with van der Waals surface area (Å²) in [5, 5.41) is 0. The van der Waals surface area contributed by atoms with Crippen molar-refractivity contribution in [3.05, 3.63) is 24.3 Å². The van der Waals surface area contributed by atoms with E-state index in [9.17, 15) is 13.2 Å². The van der Waals surface area contributed by atoms with Crippen LogP contribution in [0.2, 0.25) is 0 Å². The van der Waals surface area contributed by atoms with E-state index in [1.165, 1.54) is 11.9 Å². The van der Waals surface area contributed by atoms with Crippen LogP contribution in [0.15, 0.2) is 24.3 Å². The molecule has 5 nitrogen and oxygen atoms in total. The molecule has 1 saturated heterocycles. The predicted molar refractivity (Wildman–Crippen MR) is 96.0 cm³/mol. The summed E-state index contributed by atoms with van der Waals surface area (Å²) in [4.78, 5) is 5.83. The van der Waals surface area contributed by atoms with E-state index >= 15 is 0 Å². The largest absolute Gasteiger partial charge is 0.491 e. The van der Waals surface area contributed by atoms with Crippen molar-refractivity contribution in [1.82, 2.24) is 9.80 Å². The lowest BCUT2D eigenvalue weighted by atomic mass is 10.2. The van der Waals surface area contributed by atoms with Gasteiger partial charge >= 0.3 is 6.18 Å². The minimum Gasteiger partial charge on any atom is -0.491 e. The first-order valence-electron chi connectivity index (χ1n) is 8.82. The van der Waals surface area contributed by atoms with Gasteiger partial charge in [-0.25, -0.2) is 0 Å². The normalized spacial score (nSPS) is 16.3. The Bertz CT molecular complexity index is 517. The Balaban J connectivity index is 1.71. The predicted octanol–water partition coefficient (Wildman–Crippen LogP) is 2.33. The zero-order valence-electron chi connectivity index (χ0n) is 15.5. The van der Waals surface area contributed by atoms with Crippen molar-refractivity contribution in [3.8, 4) is 5.75 Å². The number of hydrogen-bond acceptors (Lipinski definition) is 5. The van der Waals surface area contributed by atoms with Crippen molar-refractivity contribution in [2.75, 3.05) is 78.1 Å². The van der Waals surface area contributed by atoms with Gasteiger partial charge in [-0.2, -0.15) is 13.2 Å². The standard InChI is InChI=1S/C18H28F3N3O2/c1-22(15-18(19,20)21)7-8-23-9-11-24(12-10-23)16-3-5-17(6-4-16)26-14-13-25-2/h3-6H,7-15H2,1-2H3. The fourth-order valence-corrected chi connectivity index (χ4v) is 2.92. The van der Waals surface area contributed by atoms with Crippen LogP contribution in [0.1, 0.15) is 0 Å². The average molecular weight is 375 g/mol. The quantitative estimate of drug-likeness (QED) is 0.618. The summed E-state index contributed by atoms with van der Waals surface area (Å²) in [6.07, 6.45) is -4.13. The highest BCUT2D eigenvalue weighted by molar-refractivity contribution is 5.49. The highest BCUT2D eigenvalue weighted by atomic mass is 19.4. The minimum atomic E-state index is -4.13. The number of hydrogen-bond donors (Lipinski definition) is 0. The Kier molecular flexibility index (Phi) is 7.99. The van der Waals surface area contributed by atoms with Crippen LogP contribution in [0, 0.1) is 0 Å². The zero-order chi connectivity index (χ0) is 19.0. The van der Waals surface area contributed by atoms with E-state index in [4.69, 9.17) is 9.47 Å². The molecule has 0 atom stereocenters. The maximum atomic E-state index is 12.3. The molecule has 1 aliphatic rings. The van der Waals surface area contributed by atoms with Gasteiger partial charge in [0.15, 0.2) is 0 Å². The van der Waals surface area contributed by atoms with Gasteiger partial charge in [0.25, 0.3) is 0 Å². The molecule has 0 aromatic heterocycles. The third-order valence-corrected chi connectivity index (χ3v) is 4.38. The maximum absolute atomic E-state index is 12.3. The molecule has 1 aromatic rings. The van der Waals surface area contributed by atoms with Crippen LogP contribution < -0.4 is 9.64 Å². The van der Waals surface area contributed by atoms with Crippen molar-refractivity contribution in [2.24, 2.45) is 0 Å². The van der Waals surface area contributed by atoms with Gasteiger partial charge in [0.05, 0.1) is 13.2 Å². The molecule has 0 amide bonds. The highest BCUT2D eigenvalue weighted by Crippen LogP contribution is 2.21. The molecule has 8 heteroatoms. The molecule has 0 bridgehead atoms. The Morgan fingerprint density at radius 3 is 2.27 bits per heavy atom. The zero-order valence-corrected chi connectivity index (χ0v) is 15.5. The molecule has 148 valence electrons. The topological polar surface area (TPSA) is 28.2 Å². The number of likely N-dealkylation sites (N-methyl/N-ethyl adjacent to an activating group) is 1. The number of nitrogens with zero attached hydrogens (tertiary/aromatic N) is 3. The van der Waals surface area contributed by atoms with Gasteiger partial charge in [-0.05, 0) is 31.3 Å². The van der Waals surface area contributed by atoms with Gasteiger partial charge < -0.3 is 14.4 Å². The maximum Gasteiger partial charge on any atom is 0.401 e. The third-order valence-electron chi connectivity index (χ3n) is 4.38. The Morgan fingerprint density at radius 2 is 1.69 bits per heavy atom. The first-order valence-corrected chi connectivity index (χ1v) is 8.82. The number of alkyl halides is 3. The van der Waals surface area contributed by atoms with E-state index in [1.807, 2.05) is 24.3 Å². The Labute approximate surface area is 153 Å². The second kappa shape index (κ2) is 9.99. The number of benzene rings is 1. The fraction of sp³-hybridized carbons (Fsp3) is 0.667. The van der Waals surface area contributed by atoms with E-state index in [1.54, 1.807) is 7.11 Å². The molecule has 1 heterocycles. The summed E-state index contributed by atoms with van der Waals surface area (Å²) in [7, 11) is 3.15. The Hall–Kier alpha value is -1.51. The van der Waals surface area contributed by atoms with Crippen molar-refractivity contribution in [2.45, 2.75) is 6.18 Å². The van der Waals surface area contributed by atoms with Crippen molar-refractivity contribution < 1.29 is 22.6 Å². The van der Waals surface area contributed by atoms with Crippen LogP contribution in [-0.2, 0) is 4.74 Å². The van der Waals surface area contributed by atoms with Crippen LogP contribution in [0.3, 0.4) is 0 Å². The molecule has 0 aliphatic carbocycles. The summed E-state index contributed by atoms with van der Waals surface area (Å²) >= 11 is 0. The van der Waals surface area contributed by atoms with E-state index in [-0.39, 0.29) is 0 Å². The minimum absolute atomic E-state index is 0.424. The summed E-state index contributed by atoms with van der Waals surface area (Å²) < 4.78 is 47.6. The molecule has 26 heavy (non-hydrogen) atoms. The van der Waals surface area contributed by atoms with Crippen LogP contribution >= 0.6 is 0 Å². The fourth-order valence-electron chi connectivity index (χ4n) is 2.92. The molecule has 2 rings (SSSR count). The summed E-state index contributed by atoms with van der Waals surface area (Å²) in [5.74, 6) is 0.817. The SMILES string of the molecule is COCCOc1ccc(N2CCN(CCN(C)CC(F)(F)F)CC2)cc1. The van der Waals surface area contributed by atoms with Crippen LogP contribution in [0.4, 0.5) is 18.9 Å². The Morgan fingerprint density at radius 1 is 1.04 bits per heavy atom. The molecule has 0 N–H and O–H groups in total. The van der Waals surface area contributed by atoms with Gasteiger partial charge in [-0.3, -0.25) is 9.80 Å². The van der Waals surface area contributed by atoms with Crippen LogP contribution in [-0.4, -0.2) is 89.2 Å². The molecule has 1 fully saturated rings. The first-order chi connectivity index (χ1) is 12.4. The third kappa shape index (κ3) is 7.39. The molecule has 0 radical (unpaired) electrons. The molecular weight excluding hydrogens is 347 g/mol. The summed E-state index contributed by atoms with van der Waals surface area (Å²) in [6.45, 7) is 4.75. The molecule has 0 saturated carbocycles. The second-order valence-electron chi connectivity index (χ2n) is 6.52. The lowest BCUT2D eigenvalue weighted by Crippen LogP contribution is -2.48. The molecule has 1 aromatic carbocycles. The van der Waals surface area contributed by atoms with Gasteiger partial charge in [0.2, 0.25) is 0 Å². The van der Waals surface area contributed by atoms with Gasteiger partial charge in [0, 0.05) is 52.1 Å². The second-order valence-corrected chi connectivity index (χ2v) is 6.52. The number of anilines is 1. The molecular formula is C18H28F3N3O2. The van der Waals surface area contributed by atoms with Gasteiger partial charge in [-0.1, -0.05) is 0 Å². The van der Waals surface area contributed by atoms with E-state index in [2.05, 4.69) is 9.80 Å². The smallest absolute Gasteiger partial charge is 0.401 e. The number of ether oxygens (including phenoxy) is 2. The van der Waals surface area contributed by atoms with Gasteiger partial charge in [-0.15, -0.1) is 0 Å². The van der Waals surface area contributed by atoms with E-state index in [0.717, 1.165) is 37.6 Å². The monoisotopic (exact) mass is 375 g/mol. The van der Waals surface area contributed by atoms with E-state index < -0.39 is 12.7 Å². The van der Waals surface area contributed by atoms with Crippen molar-refractivity contribution >= 4 is 5.69 Å². The number of halogens is 3. The molecule has 0 unspecified atom stereocenters. The van der Waals surface area contributed by atoms with E-state index in [0.29, 0.717) is 26.3 Å². The lowest BCUT2D eigenvalue weighted by Gasteiger charge is -2.36. The highest BCUT2D eigenvalue weighted by Gasteiger charge is 2.29. The van der Waals surface area contributed by atoms with Gasteiger partial charge in [0.1, 0.15) is 12.4 Å². The summed E-state index contributed by atoms with van der Waals surface area (Å²) in [6, 6.07) is 7.97. The number of methoxy groups -OCH3 is 1. The van der Waals surface area contributed by atoms with Crippen molar-refractivity contribution in [3.63, 3.8) is 0 Å². The molecule has 1 aliphatic heterocycles. The van der Waals surface area contributed by atoms with Crippen LogP contribution in [0.5, 0.6) is 5.75 Å². The summed E-state index contributed by atoms with van der Waals surface area (Å²) in [5.41, 5.74) is 1.14. The van der Waals surface area contributed by atoms with Crippen LogP contribution in [0.25, 0.3) is 0 Å².